The van der Waals surface area contributed by atoms with Gasteiger partial charge in [-0.25, -0.2) is 0 Å². The molecule has 0 unspecified atom stereocenters. The molecule has 0 aliphatic rings. The molecule has 0 fully saturated rings. The summed E-state index contributed by atoms with van der Waals surface area (Å²) in [5, 5.41) is 14.1. The van der Waals surface area contributed by atoms with Gasteiger partial charge in [-0.1, -0.05) is 23.7 Å². The number of halogens is 1. The van der Waals surface area contributed by atoms with Gasteiger partial charge in [-0.15, -0.1) is 23.1 Å². The van der Waals surface area contributed by atoms with Crippen LogP contribution in [0, 0.1) is 11.3 Å². The van der Waals surface area contributed by atoms with Crippen LogP contribution >= 0.6 is 34.7 Å². The van der Waals surface area contributed by atoms with Gasteiger partial charge in [0, 0.05) is 11.6 Å². The van der Waals surface area contributed by atoms with Crippen LogP contribution in [0.2, 0.25) is 5.02 Å². The smallest absolute Gasteiger partial charge is 0.131 e. The normalized spacial score (nSPS) is 10.2. The largest absolute Gasteiger partial charge is 0.396 e. The van der Waals surface area contributed by atoms with Crippen molar-refractivity contribution >= 4 is 45.4 Å². The summed E-state index contributed by atoms with van der Waals surface area (Å²) in [5.74, 6) is 0. The molecule has 1 aromatic carbocycles. The molecule has 1 heterocycles. The molecule has 2 rings (SSSR count). The van der Waals surface area contributed by atoms with Crippen LogP contribution in [0.25, 0.3) is 0 Å². The maximum absolute atomic E-state index is 9.01. The quantitative estimate of drug-likeness (QED) is 0.808. The molecule has 104 valence electrons. The highest BCUT2D eigenvalue weighted by molar-refractivity contribution is 7.99. The van der Waals surface area contributed by atoms with Crippen LogP contribution in [0.15, 0.2) is 29.2 Å². The van der Waals surface area contributed by atoms with Gasteiger partial charge in [0.1, 0.15) is 15.9 Å². The van der Waals surface area contributed by atoms with E-state index in [2.05, 4.69) is 11.4 Å². The lowest BCUT2D eigenvalue weighted by molar-refractivity contribution is 1.02. The number of thioether (sulfide) groups is 1. The van der Waals surface area contributed by atoms with Gasteiger partial charge in [-0.05, 0) is 30.4 Å². The molecule has 0 aliphatic carbocycles. The van der Waals surface area contributed by atoms with Crippen molar-refractivity contribution in [1.82, 2.24) is 0 Å². The van der Waals surface area contributed by atoms with Gasteiger partial charge in [0.2, 0.25) is 0 Å². The lowest BCUT2D eigenvalue weighted by Gasteiger charge is -2.06. The van der Waals surface area contributed by atoms with E-state index in [1.54, 1.807) is 11.8 Å². The fourth-order valence-corrected chi connectivity index (χ4v) is 3.79. The van der Waals surface area contributed by atoms with Crippen molar-refractivity contribution < 1.29 is 0 Å². The molecule has 0 atom stereocenters. The average molecular weight is 324 g/mol. The molecule has 0 spiro atoms. The first-order chi connectivity index (χ1) is 9.65. The molecule has 0 saturated heterocycles. The summed E-state index contributed by atoms with van der Waals surface area (Å²) in [5.41, 5.74) is 7.74. The lowest BCUT2D eigenvalue weighted by Crippen LogP contribution is -2.04. The summed E-state index contributed by atoms with van der Waals surface area (Å²) in [4.78, 5) is 1.53. The molecule has 0 saturated carbocycles. The molecule has 3 N–H and O–H groups in total. The Morgan fingerprint density at radius 3 is 2.70 bits per heavy atom. The molecule has 0 amide bonds. The van der Waals surface area contributed by atoms with Gasteiger partial charge in [0.15, 0.2) is 0 Å². The van der Waals surface area contributed by atoms with Crippen molar-refractivity contribution in [2.24, 2.45) is 0 Å². The zero-order chi connectivity index (χ0) is 14.5. The van der Waals surface area contributed by atoms with Crippen LogP contribution in [0.1, 0.15) is 10.4 Å². The zero-order valence-electron chi connectivity index (χ0n) is 10.9. The van der Waals surface area contributed by atoms with E-state index in [0.717, 1.165) is 27.9 Å². The number of anilines is 2. The number of hydrogen-bond donors (Lipinski definition) is 2. The van der Waals surface area contributed by atoms with E-state index in [0.29, 0.717) is 10.6 Å². The van der Waals surface area contributed by atoms with Crippen molar-refractivity contribution in [3.05, 3.63) is 39.7 Å². The minimum atomic E-state index is 0.573. The highest BCUT2D eigenvalue weighted by atomic mass is 35.5. The molecule has 1 aromatic heterocycles. The highest BCUT2D eigenvalue weighted by Gasteiger charge is 2.14. The van der Waals surface area contributed by atoms with Gasteiger partial charge in [-0.2, -0.15) is 5.26 Å². The Labute approximate surface area is 131 Å². The number of nitrogen functional groups attached to an aromatic ring is 1. The van der Waals surface area contributed by atoms with Crippen molar-refractivity contribution in [3.63, 3.8) is 0 Å². The number of nitriles is 1. The SMILES string of the molecule is CSc1c(NCCc2ccc(Cl)cc2)sc(C#N)c1N. The third kappa shape index (κ3) is 3.40. The van der Waals surface area contributed by atoms with E-state index in [-0.39, 0.29) is 0 Å². The number of thiophene rings is 1. The minimum absolute atomic E-state index is 0.573. The van der Waals surface area contributed by atoms with Crippen LogP contribution in [-0.2, 0) is 6.42 Å². The average Bonchev–Trinajstić information content (AvgIpc) is 2.76. The topological polar surface area (TPSA) is 61.8 Å². The Balaban J connectivity index is 2.01. The Bertz CT molecular complexity index is 629. The van der Waals surface area contributed by atoms with Crippen LogP contribution in [0.4, 0.5) is 10.7 Å². The first-order valence-electron chi connectivity index (χ1n) is 6.00. The van der Waals surface area contributed by atoms with Gasteiger partial charge < -0.3 is 11.1 Å². The molecular formula is C14H14ClN3S2. The molecule has 3 nitrogen and oxygen atoms in total. The predicted molar refractivity (Wildman–Crippen MR) is 88.9 cm³/mol. The summed E-state index contributed by atoms with van der Waals surface area (Å²) in [7, 11) is 0. The summed E-state index contributed by atoms with van der Waals surface area (Å²) < 4.78 is 0. The van der Waals surface area contributed by atoms with Crippen LogP contribution < -0.4 is 11.1 Å². The molecular weight excluding hydrogens is 310 g/mol. The monoisotopic (exact) mass is 323 g/mol. The van der Waals surface area contributed by atoms with E-state index in [1.165, 1.54) is 16.9 Å². The second-order valence-corrected chi connectivity index (χ2v) is 6.40. The highest BCUT2D eigenvalue weighted by Crippen LogP contribution is 2.41. The number of nitrogens with one attached hydrogen (secondary N) is 1. The molecule has 0 radical (unpaired) electrons. The maximum atomic E-state index is 9.01. The third-order valence-corrected chi connectivity index (χ3v) is 5.10. The number of benzene rings is 1. The summed E-state index contributed by atoms with van der Waals surface area (Å²) in [6.07, 6.45) is 2.86. The van der Waals surface area contributed by atoms with Crippen LogP contribution in [-0.4, -0.2) is 12.8 Å². The van der Waals surface area contributed by atoms with Crippen molar-refractivity contribution in [2.75, 3.05) is 23.9 Å². The number of nitrogens with zero attached hydrogens (tertiary/aromatic N) is 1. The zero-order valence-corrected chi connectivity index (χ0v) is 13.3. The maximum Gasteiger partial charge on any atom is 0.131 e. The summed E-state index contributed by atoms with van der Waals surface area (Å²) in [6, 6.07) is 9.94. The van der Waals surface area contributed by atoms with E-state index < -0.39 is 0 Å². The van der Waals surface area contributed by atoms with E-state index in [1.807, 2.05) is 30.5 Å². The molecule has 0 bridgehead atoms. The van der Waals surface area contributed by atoms with Crippen LogP contribution in [0.5, 0.6) is 0 Å². The second-order valence-electron chi connectivity index (χ2n) is 4.12. The fourth-order valence-electron chi connectivity index (χ4n) is 1.80. The number of hydrogen-bond acceptors (Lipinski definition) is 5. The standard InChI is InChI=1S/C14H14ClN3S2/c1-19-13-12(17)11(8-16)20-14(13)18-7-6-9-2-4-10(15)5-3-9/h2-5,18H,6-7,17H2,1H3. The van der Waals surface area contributed by atoms with E-state index in [9.17, 15) is 0 Å². The molecule has 0 aliphatic heterocycles. The molecule has 6 heteroatoms. The van der Waals surface area contributed by atoms with E-state index in [4.69, 9.17) is 22.6 Å². The van der Waals surface area contributed by atoms with Crippen molar-refractivity contribution in [3.8, 4) is 6.07 Å². The Morgan fingerprint density at radius 2 is 2.10 bits per heavy atom. The minimum Gasteiger partial charge on any atom is -0.396 e. The Morgan fingerprint density at radius 1 is 1.40 bits per heavy atom. The summed E-state index contributed by atoms with van der Waals surface area (Å²) >= 11 is 8.83. The van der Waals surface area contributed by atoms with E-state index >= 15 is 0 Å². The van der Waals surface area contributed by atoms with Crippen molar-refractivity contribution in [1.29, 1.82) is 5.26 Å². The van der Waals surface area contributed by atoms with Gasteiger partial charge in [-0.3, -0.25) is 0 Å². The Hall–Kier alpha value is -1.35. The van der Waals surface area contributed by atoms with Gasteiger partial charge in [0.25, 0.3) is 0 Å². The molecule has 2 aromatic rings. The Kier molecular flexibility index (Phi) is 5.18. The first kappa shape index (κ1) is 15.0. The number of nitrogens with two attached hydrogens (primary N) is 1. The second kappa shape index (κ2) is 6.89. The van der Waals surface area contributed by atoms with Gasteiger partial charge >= 0.3 is 0 Å². The van der Waals surface area contributed by atoms with Crippen molar-refractivity contribution in [2.45, 2.75) is 11.3 Å². The lowest BCUT2D eigenvalue weighted by atomic mass is 10.1. The first-order valence-corrected chi connectivity index (χ1v) is 8.42. The summed E-state index contributed by atoms with van der Waals surface area (Å²) in [6.45, 7) is 0.792. The fraction of sp³-hybridized carbons (Fsp3) is 0.214. The van der Waals surface area contributed by atoms with Crippen LogP contribution in [0.3, 0.4) is 0 Å². The predicted octanol–water partition coefficient (Wildman–Crippen LogP) is 4.23. The number of rotatable bonds is 5. The molecule has 20 heavy (non-hydrogen) atoms. The third-order valence-electron chi connectivity index (χ3n) is 2.82. The van der Waals surface area contributed by atoms with Gasteiger partial charge in [0.05, 0.1) is 10.6 Å².